The SMILES string of the molecule is CC.CCC1=CC=C(C2CCCCC2)CC1. The van der Waals surface area contributed by atoms with Crippen molar-refractivity contribution in [3.63, 3.8) is 0 Å². The van der Waals surface area contributed by atoms with Crippen molar-refractivity contribution in [2.45, 2.75) is 72.1 Å². The van der Waals surface area contributed by atoms with E-state index in [1.807, 2.05) is 13.8 Å². The Balaban J connectivity index is 0.000000606. The zero-order valence-electron chi connectivity index (χ0n) is 11.4. The van der Waals surface area contributed by atoms with Gasteiger partial charge in [-0.1, -0.05) is 63.3 Å². The quantitative estimate of drug-likeness (QED) is 0.564. The summed E-state index contributed by atoms with van der Waals surface area (Å²) in [6.07, 6.45) is 16.1. The molecule has 0 radical (unpaired) electrons. The largest absolute Gasteiger partial charge is 0.0702 e. The third-order valence-corrected chi connectivity index (χ3v) is 3.85. The molecule has 0 atom stereocenters. The minimum absolute atomic E-state index is 0.943. The van der Waals surface area contributed by atoms with E-state index in [0.29, 0.717) is 0 Å². The molecular formula is C16H28. The van der Waals surface area contributed by atoms with Crippen LogP contribution in [0, 0.1) is 5.92 Å². The summed E-state index contributed by atoms with van der Waals surface area (Å²) in [5.41, 5.74) is 3.39. The van der Waals surface area contributed by atoms with Crippen LogP contribution in [0.3, 0.4) is 0 Å². The van der Waals surface area contributed by atoms with E-state index in [1.165, 1.54) is 51.4 Å². The van der Waals surface area contributed by atoms with Gasteiger partial charge in [-0.25, -0.2) is 0 Å². The lowest BCUT2D eigenvalue weighted by atomic mass is 9.80. The molecule has 0 bridgehead atoms. The predicted octanol–water partition coefficient (Wildman–Crippen LogP) is 5.65. The van der Waals surface area contributed by atoms with Crippen LogP contribution in [0.4, 0.5) is 0 Å². The summed E-state index contributed by atoms with van der Waals surface area (Å²) in [5, 5.41) is 0. The molecule has 0 saturated heterocycles. The van der Waals surface area contributed by atoms with Gasteiger partial charge < -0.3 is 0 Å². The zero-order chi connectivity index (χ0) is 11.8. The van der Waals surface area contributed by atoms with Crippen molar-refractivity contribution in [3.8, 4) is 0 Å². The van der Waals surface area contributed by atoms with E-state index in [9.17, 15) is 0 Å². The first-order valence-corrected chi connectivity index (χ1v) is 7.28. The van der Waals surface area contributed by atoms with Crippen molar-refractivity contribution in [3.05, 3.63) is 23.3 Å². The van der Waals surface area contributed by atoms with Gasteiger partial charge >= 0.3 is 0 Å². The zero-order valence-corrected chi connectivity index (χ0v) is 11.4. The van der Waals surface area contributed by atoms with Gasteiger partial charge in [0.15, 0.2) is 0 Å². The highest BCUT2D eigenvalue weighted by Crippen LogP contribution is 2.34. The molecule has 0 aromatic heterocycles. The number of hydrogen-bond acceptors (Lipinski definition) is 0. The van der Waals surface area contributed by atoms with Crippen molar-refractivity contribution in [2.24, 2.45) is 5.92 Å². The van der Waals surface area contributed by atoms with Gasteiger partial charge in [-0.2, -0.15) is 0 Å². The van der Waals surface area contributed by atoms with E-state index in [4.69, 9.17) is 0 Å². The van der Waals surface area contributed by atoms with Gasteiger partial charge in [0.25, 0.3) is 0 Å². The van der Waals surface area contributed by atoms with Gasteiger partial charge in [-0.3, -0.25) is 0 Å². The molecular weight excluding hydrogens is 192 g/mol. The minimum atomic E-state index is 0.943. The van der Waals surface area contributed by atoms with E-state index in [-0.39, 0.29) is 0 Å². The number of hydrogen-bond donors (Lipinski definition) is 0. The van der Waals surface area contributed by atoms with Gasteiger partial charge in [0, 0.05) is 0 Å². The van der Waals surface area contributed by atoms with Crippen LogP contribution in [0.1, 0.15) is 72.1 Å². The molecule has 1 saturated carbocycles. The fourth-order valence-electron chi connectivity index (χ4n) is 2.80. The highest BCUT2D eigenvalue weighted by molar-refractivity contribution is 5.25. The summed E-state index contributed by atoms with van der Waals surface area (Å²) in [6, 6.07) is 0. The molecule has 1 fully saturated rings. The summed E-state index contributed by atoms with van der Waals surface area (Å²) < 4.78 is 0. The van der Waals surface area contributed by atoms with Crippen LogP contribution in [-0.2, 0) is 0 Å². The standard InChI is InChI=1S/C14H22.C2H6/c1-2-12-8-10-14(11-9-12)13-6-4-3-5-7-13;1-2/h8,10,13H,2-7,9,11H2,1H3;1-2H3. The Morgan fingerprint density at radius 1 is 1.00 bits per heavy atom. The molecule has 0 heteroatoms. The molecule has 0 N–H and O–H groups in total. The van der Waals surface area contributed by atoms with Crippen molar-refractivity contribution in [1.29, 1.82) is 0 Å². The van der Waals surface area contributed by atoms with Crippen LogP contribution < -0.4 is 0 Å². The van der Waals surface area contributed by atoms with E-state index in [0.717, 1.165) is 5.92 Å². The smallest absolute Gasteiger partial charge is 0.0200 e. The molecule has 0 aliphatic heterocycles. The van der Waals surface area contributed by atoms with Gasteiger partial charge in [0.1, 0.15) is 0 Å². The van der Waals surface area contributed by atoms with Crippen LogP contribution in [0.5, 0.6) is 0 Å². The van der Waals surface area contributed by atoms with Crippen LogP contribution in [0.25, 0.3) is 0 Å². The maximum absolute atomic E-state index is 2.43. The van der Waals surface area contributed by atoms with Crippen molar-refractivity contribution >= 4 is 0 Å². The molecule has 0 spiro atoms. The van der Waals surface area contributed by atoms with E-state index in [1.54, 1.807) is 11.1 Å². The maximum atomic E-state index is 2.43. The fraction of sp³-hybridized carbons (Fsp3) is 0.750. The average Bonchev–Trinajstić information content (AvgIpc) is 2.42. The second-order valence-corrected chi connectivity index (χ2v) is 4.75. The van der Waals surface area contributed by atoms with Gasteiger partial charge in [0.05, 0.1) is 0 Å². The topological polar surface area (TPSA) is 0 Å². The lowest BCUT2D eigenvalue weighted by Gasteiger charge is -2.26. The predicted molar refractivity (Wildman–Crippen MR) is 73.6 cm³/mol. The van der Waals surface area contributed by atoms with Crippen molar-refractivity contribution in [1.82, 2.24) is 0 Å². The third kappa shape index (κ3) is 3.81. The van der Waals surface area contributed by atoms with Crippen LogP contribution in [0.2, 0.25) is 0 Å². The Morgan fingerprint density at radius 2 is 1.69 bits per heavy atom. The number of allylic oxidation sites excluding steroid dienone is 4. The van der Waals surface area contributed by atoms with Crippen LogP contribution in [0.15, 0.2) is 23.3 Å². The molecule has 0 amide bonds. The molecule has 16 heavy (non-hydrogen) atoms. The Kier molecular flexibility index (Phi) is 6.52. The van der Waals surface area contributed by atoms with Gasteiger partial charge in [0.2, 0.25) is 0 Å². The van der Waals surface area contributed by atoms with Crippen molar-refractivity contribution in [2.75, 3.05) is 0 Å². The highest BCUT2D eigenvalue weighted by atomic mass is 14.2. The summed E-state index contributed by atoms with van der Waals surface area (Å²) in [5.74, 6) is 0.943. The average molecular weight is 220 g/mol. The Labute approximate surface area is 102 Å². The molecule has 0 nitrogen and oxygen atoms in total. The normalized spacial score (nSPS) is 21.7. The number of rotatable bonds is 2. The molecule has 2 aliphatic carbocycles. The minimum Gasteiger partial charge on any atom is -0.0702 e. The third-order valence-electron chi connectivity index (χ3n) is 3.85. The monoisotopic (exact) mass is 220 g/mol. The lowest BCUT2D eigenvalue weighted by molar-refractivity contribution is 0.393. The first-order chi connectivity index (χ1) is 7.90. The summed E-state index contributed by atoms with van der Waals surface area (Å²) >= 11 is 0. The lowest BCUT2D eigenvalue weighted by Crippen LogP contribution is -2.10. The summed E-state index contributed by atoms with van der Waals surface area (Å²) in [6.45, 7) is 6.27. The molecule has 0 unspecified atom stereocenters. The molecule has 2 aliphatic rings. The maximum Gasteiger partial charge on any atom is -0.0200 e. The summed E-state index contributed by atoms with van der Waals surface area (Å²) in [7, 11) is 0. The van der Waals surface area contributed by atoms with Crippen molar-refractivity contribution < 1.29 is 0 Å². The summed E-state index contributed by atoms with van der Waals surface area (Å²) in [4.78, 5) is 0. The van der Waals surface area contributed by atoms with E-state index >= 15 is 0 Å². The fourth-order valence-corrected chi connectivity index (χ4v) is 2.80. The first-order valence-electron chi connectivity index (χ1n) is 7.28. The Morgan fingerprint density at radius 3 is 2.19 bits per heavy atom. The van der Waals surface area contributed by atoms with Gasteiger partial charge in [-0.05, 0) is 38.0 Å². The second-order valence-electron chi connectivity index (χ2n) is 4.75. The second kappa shape index (κ2) is 7.70. The van der Waals surface area contributed by atoms with Crippen LogP contribution in [-0.4, -0.2) is 0 Å². The highest BCUT2D eigenvalue weighted by Gasteiger charge is 2.18. The molecule has 2 rings (SSSR count). The Bertz CT molecular complexity index is 239. The molecule has 0 aromatic rings. The van der Waals surface area contributed by atoms with E-state index < -0.39 is 0 Å². The molecule has 0 aromatic carbocycles. The van der Waals surface area contributed by atoms with Crippen LogP contribution >= 0.6 is 0 Å². The molecule has 92 valence electrons. The Hall–Kier alpha value is -0.520. The van der Waals surface area contributed by atoms with E-state index in [2.05, 4.69) is 19.1 Å². The first kappa shape index (κ1) is 13.5. The molecule has 0 heterocycles. The van der Waals surface area contributed by atoms with Gasteiger partial charge in [-0.15, -0.1) is 0 Å².